The molecule has 0 bridgehead atoms. The Hall–Kier alpha value is -3.03. The number of nitrogens with one attached hydrogen (secondary N) is 1. The van der Waals surface area contributed by atoms with Crippen LogP contribution in [0.15, 0.2) is 36.4 Å². The number of benzene rings is 2. The first-order chi connectivity index (χ1) is 22.4. The van der Waals surface area contributed by atoms with Gasteiger partial charge < -0.3 is 19.1 Å². The fourth-order valence-electron chi connectivity index (χ4n) is 6.77. The smallest absolute Gasteiger partial charge is 0.303 e. The molecule has 2 heterocycles. The van der Waals surface area contributed by atoms with Gasteiger partial charge in [0.15, 0.2) is 0 Å². The van der Waals surface area contributed by atoms with Crippen molar-refractivity contribution in [2.75, 3.05) is 53.4 Å². The second-order valence-electron chi connectivity index (χ2n) is 12.6. The Morgan fingerprint density at radius 1 is 1.06 bits per heavy atom. The number of carbonyl (C=O) groups is 2. The van der Waals surface area contributed by atoms with E-state index in [1.54, 1.807) is 18.2 Å². The van der Waals surface area contributed by atoms with Gasteiger partial charge in [-0.15, -0.1) is 0 Å². The minimum atomic E-state index is -4.04. The molecule has 10 nitrogen and oxygen atoms in total. The van der Waals surface area contributed by atoms with Gasteiger partial charge in [-0.2, -0.15) is 12.7 Å². The maximum absolute atomic E-state index is 15.0. The molecule has 13 heteroatoms. The number of ether oxygens (including phenoxy) is 1. The van der Waals surface area contributed by atoms with E-state index in [2.05, 4.69) is 23.5 Å². The van der Waals surface area contributed by atoms with Crippen LogP contribution < -0.4 is 4.72 Å². The van der Waals surface area contributed by atoms with E-state index in [0.717, 1.165) is 67.0 Å². The van der Waals surface area contributed by atoms with Gasteiger partial charge in [-0.3, -0.25) is 9.59 Å². The van der Waals surface area contributed by atoms with Crippen molar-refractivity contribution in [2.45, 2.75) is 64.5 Å². The van der Waals surface area contributed by atoms with Crippen LogP contribution in [0.2, 0.25) is 5.02 Å². The maximum Gasteiger partial charge on any atom is 0.303 e. The molecule has 2 amide bonds. The summed E-state index contributed by atoms with van der Waals surface area (Å²) in [5, 5.41) is 0.851. The van der Waals surface area contributed by atoms with Crippen LogP contribution >= 0.6 is 11.6 Å². The predicted octanol–water partition coefficient (Wildman–Crippen LogP) is 5.25. The largest absolute Gasteiger partial charge is 0.373 e. The molecule has 1 saturated carbocycles. The van der Waals surface area contributed by atoms with E-state index >= 15 is 4.39 Å². The van der Waals surface area contributed by atoms with Crippen LogP contribution in [-0.4, -0.2) is 98.4 Å². The molecular formula is C34H45ClFN5O5S. The number of hydrogen-bond donors (Lipinski definition) is 1. The summed E-state index contributed by atoms with van der Waals surface area (Å²) >= 11 is 6.11. The number of hydrogen-bond acceptors (Lipinski definition) is 6. The Balaban J connectivity index is 1.63. The SMILES string of the molecule is CCN(CC)CC1CN(C(=O)Cn2c(-c3ccc(Cl)c(F)c3)c(C3CCCCC3)c3ccc(C(=O)NS(=O)(=O)N(C)C)cc32)CCO1. The van der Waals surface area contributed by atoms with Crippen molar-refractivity contribution < 1.29 is 27.1 Å². The van der Waals surface area contributed by atoms with E-state index in [-0.39, 0.29) is 35.1 Å². The second kappa shape index (κ2) is 15.0. The molecular weight excluding hydrogens is 645 g/mol. The Labute approximate surface area is 282 Å². The molecule has 0 radical (unpaired) electrons. The van der Waals surface area contributed by atoms with Gasteiger partial charge in [0.1, 0.15) is 12.4 Å². The third-order valence-electron chi connectivity index (χ3n) is 9.42. The van der Waals surface area contributed by atoms with E-state index < -0.39 is 21.9 Å². The molecule has 3 aromatic rings. The lowest BCUT2D eigenvalue weighted by Gasteiger charge is -2.35. The van der Waals surface area contributed by atoms with Gasteiger partial charge in [0, 0.05) is 50.2 Å². The van der Waals surface area contributed by atoms with Crippen LogP contribution in [0.3, 0.4) is 0 Å². The Morgan fingerprint density at radius 3 is 2.45 bits per heavy atom. The third kappa shape index (κ3) is 7.83. The number of nitrogens with zero attached hydrogens (tertiary/aromatic N) is 4. The normalized spacial score (nSPS) is 18.0. The number of aromatic nitrogens is 1. The molecule has 1 unspecified atom stereocenters. The maximum atomic E-state index is 15.0. The molecule has 5 rings (SSSR count). The van der Waals surface area contributed by atoms with Crippen LogP contribution in [0, 0.1) is 5.82 Å². The number of likely N-dealkylation sites (N-methyl/N-ethyl adjacent to an activating group) is 1. The highest BCUT2D eigenvalue weighted by Gasteiger charge is 2.31. The minimum absolute atomic E-state index is 0.000300. The summed E-state index contributed by atoms with van der Waals surface area (Å²) in [5.74, 6) is -1.31. The van der Waals surface area contributed by atoms with Gasteiger partial charge >= 0.3 is 10.2 Å². The van der Waals surface area contributed by atoms with Gasteiger partial charge in [0.2, 0.25) is 5.91 Å². The summed E-state index contributed by atoms with van der Waals surface area (Å²) in [4.78, 5) is 31.4. The van der Waals surface area contributed by atoms with E-state index in [0.29, 0.717) is 36.5 Å². The van der Waals surface area contributed by atoms with Crippen LogP contribution in [0.1, 0.15) is 67.8 Å². The number of carbonyl (C=O) groups excluding carboxylic acids is 2. The highest BCUT2D eigenvalue weighted by Crippen LogP contribution is 2.45. The summed E-state index contributed by atoms with van der Waals surface area (Å²) in [7, 11) is -1.37. The van der Waals surface area contributed by atoms with Crippen molar-refractivity contribution >= 4 is 44.5 Å². The zero-order chi connectivity index (χ0) is 33.9. The highest BCUT2D eigenvalue weighted by atomic mass is 35.5. The molecule has 47 heavy (non-hydrogen) atoms. The van der Waals surface area contributed by atoms with Gasteiger partial charge in [-0.05, 0) is 61.7 Å². The molecule has 1 aromatic heterocycles. The number of morpholine rings is 1. The van der Waals surface area contributed by atoms with Gasteiger partial charge in [0.25, 0.3) is 5.91 Å². The summed E-state index contributed by atoms with van der Waals surface area (Å²) in [6, 6.07) is 9.74. The predicted molar refractivity (Wildman–Crippen MR) is 182 cm³/mol. The molecule has 2 fully saturated rings. The first-order valence-electron chi connectivity index (χ1n) is 16.4. The first kappa shape index (κ1) is 35.3. The van der Waals surface area contributed by atoms with Crippen LogP contribution in [0.4, 0.5) is 4.39 Å². The zero-order valence-electron chi connectivity index (χ0n) is 27.6. The minimum Gasteiger partial charge on any atom is -0.373 e. The van der Waals surface area contributed by atoms with E-state index in [1.807, 2.05) is 15.5 Å². The Kier molecular flexibility index (Phi) is 11.3. The average Bonchev–Trinajstić information content (AvgIpc) is 3.38. The van der Waals surface area contributed by atoms with Crippen molar-refractivity contribution in [1.29, 1.82) is 0 Å². The summed E-state index contributed by atoms with van der Waals surface area (Å²) in [5.41, 5.74) is 3.03. The van der Waals surface area contributed by atoms with Crippen LogP contribution in [0.5, 0.6) is 0 Å². The lowest BCUT2D eigenvalue weighted by atomic mass is 9.81. The standard InChI is InChI=1S/C34H45ClFN5O5S/c1-5-39(6-2)20-26-21-40(16-17-46-26)31(42)22-41-30-19-25(34(43)37-47(44,45)38(3)4)12-14-27(30)32(23-10-8-7-9-11-23)33(41)24-13-15-28(35)29(36)18-24/h12-15,18-19,23,26H,5-11,16-17,20-22H2,1-4H3,(H,37,43). The second-order valence-corrected chi connectivity index (χ2v) is 14.9. The van der Waals surface area contributed by atoms with Gasteiger partial charge in [0.05, 0.1) is 28.9 Å². The molecule has 1 aliphatic heterocycles. The summed E-state index contributed by atoms with van der Waals surface area (Å²) in [6.07, 6.45) is 5.00. The molecule has 1 saturated heterocycles. The number of amides is 2. The van der Waals surface area contributed by atoms with Crippen molar-refractivity contribution in [3.05, 3.63) is 58.4 Å². The van der Waals surface area contributed by atoms with E-state index in [9.17, 15) is 18.0 Å². The quantitative estimate of drug-likeness (QED) is 0.295. The summed E-state index contributed by atoms with van der Waals surface area (Å²) < 4.78 is 50.9. The van der Waals surface area contributed by atoms with Gasteiger partial charge in [-0.1, -0.05) is 56.8 Å². The first-order valence-corrected chi connectivity index (χ1v) is 18.2. The van der Waals surface area contributed by atoms with Crippen LogP contribution in [-0.2, 0) is 26.3 Å². The molecule has 2 aliphatic rings. The number of halogens is 2. The van der Waals surface area contributed by atoms with Crippen molar-refractivity contribution in [2.24, 2.45) is 0 Å². The highest BCUT2D eigenvalue weighted by molar-refractivity contribution is 7.87. The van der Waals surface area contributed by atoms with E-state index in [4.69, 9.17) is 16.3 Å². The lowest BCUT2D eigenvalue weighted by Crippen LogP contribution is -2.50. The summed E-state index contributed by atoms with van der Waals surface area (Å²) in [6.45, 7) is 7.96. The lowest BCUT2D eigenvalue weighted by molar-refractivity contribution is -0.140. The van der Waals surface area contributed by atoms with Crippen molar-refractivity contribution in [1.82, 2.24) is 23.4 Å². The average molecular weight is 690 g/mol. The fourth-order valence-corrected chi connectivity index (χ4v) is 7.42. The monoisotopic (exact) mass is 689 g/mol. The molecule has 1 atom stereocenters. The molecule has 1 aliphatic carbocycles. The third-order valence-corrected chi connectivity index (χ3v) is 11.1. The topological polar surface area (TPSA) is 104 Å². The molecule has 2 aromatic carbocycles. The Bertz CT molecular complexity index is 1720. The van der Waals surface area contributed by atoms with Crippen LogP contribution in [0.25, 0.3) is 22.2 Å². The van der Waals surface area contributed by atoms with Crippen molar-refractivity contribution in [3.63, 3.8) is 0 Å². The van der Waals surface area contributed by atoms with E-state index in [1.165, 1.54) is 26.2 Å². The Morgan fingerprint density at radius 2 is 1.79 bits per heavy atom. The zero-order valence-corrected chi connectivity index (χ0v) is 29.2. The molecule has 1 N–H and O–H groups in total. The van der Waals surface area contributed by atoms with Gasteiger partial charge in [-0.25, -0.2) is 9.11 Å². The number of fused-ring (bicyclic) bond motifs is 1. The fraction of sp³-hybridized carbons (Fsp3) is 0.529. The molecule has 256 valence electrons. The molecule has 0 spiro atoms. The number of rotatable bonds is 11. The van der Waals surface area contributed by atoms with Crippen molar-refractivity contribution in [3.8, 4) is 11.3 Å².